The number of para-hydroxylation sites is 1. The van der Waals surface area contributed by atoms with E-state index in [0.717, 1.165) is 35.1 Å². The van der Waals surface area contributed by atoms with Gasteiger partial charge in [-0.05, 0) is 61.7 Å². The molecule has 140 valence electrons. The number of nitrogens with one attached hydrogen (secondary N) is 1. The summed E-state index contributed by atoms with van der Waals surface area (Å²) in [7, 11) is 0. The maximum Gasteiger partial charge on any atom is 0.162 e. The molecule has 0 spiro atoms. The first-order valence-electron chi connectivity index (χ1n) is 9.52. The minimum absolute atomic E-state index is 0.289. The molecule has 1 atom stereocenters. The van der Waals surface area contributed by atoms with Crippen LogP contribution in [0, 0.1) is 0 Å². The summed E-state index contributed by atoms with van der Waals surface area (Å²) in [5, 5.41) is 5.34. The van der Waals surface area contributed by atoms with Crippen molar-refractivity contribution in [1.29, 1.82) is 0 Å². The summed E-state index contributed by atoms with van der Waals surface area (Å²) in [5.74, 6) is 1.57. The summed E-state index contributed by atoms with van der Waals surface area (Å²) in [6.45, 7) is 2.20. The zero-order valence-electron chi connectivity index (χ0n) is 15.8. The predicted octanol–water partition coefficient (Wildman–Crippen LogP) is 6.38. The summed E-state index contributed by atoms with van der Waals surface area (Å²) in [6.07, 6.45) is 2.06. The van der Waals surface area contributed by atoms with Crippen LogP contribution in [0.15, 0.2) is 78.9 Å². The van der Waals surface area contributed by atoms with E-state index in [0.29, 0.717) is 10.8 Å². The van der Waals surface area contributed by atoms with Crippen LogP contribution >= 0.6 is 11.6 Å². The lowest BCUT2D eigenvalue weighted by atomic mass is 10.1. The van der Waals surface area contributed by atoms with Crippen LogP contribution in [0.3, 0.4) is 0 Å². The predicted molar refractivity (Wildman–Crippen MR) is 118 cm³/mol. The van der Waals surface area contributed by atoms with Gasteiger partial charge in [-0.2, -0.15) is 0 Å². The molecule has 4 rings (SSSR count). The Labute approximate surface area is 170 Å². The van der Waals surface area contributed by atoms with Gasteiger partial charge in [0.2, 0.25) is 0 Å². The van der Waals surface area contributed by atoms with Crippen LogP contribution in [0.5, 0.6) is 0 Å². The number of aryl methyl sites for hydroxylation is 1. The first kappa shape index (κ1) is 18.5. The third-order valence-electron chi connectivity index (χ3n) is 4.80. The Balaban J connectivity index is 1.60. The average molecular weight is 388 g/mol. The molecule has 0 radical (unpaired) electrons. The second kappa shape index (κ2) is 8.41. The van der Waals surface area contributed by atoms with Crippen molar-refractivity contribution in [3.8, 4) is 11.4 Å². The smallest absolute Gasteiger partial charge is 0.162 e. The van der Waals surface area contributed by atoms with Gasteiger partial charge in [-0.3, -0.25) is 0 Å². The Bertz CT molecular complexity index is 1060. The number of nitrogens with zero attached hydrogens (tertiary/aromatic N) is 2. The molecule has 0 amide bonds. The fourth-order valence-corrected chi connectivity index (χ4v) is 3.37. The zero-order chi connectivity index (χ0) is 19.3. The van der Waals surface area contributed by atoms with Crippen molar-refractivity contribution in [2.45, 2.75) is 25.8 Å². The van der Waals surface area contributed by atoms with E-state index in [9.17, 15) is 0 Å². The number of anilines is 1. The highest BCUT2D eigenvalue weighted by molar-refractivity contribution is 6.30. The monoisotopic (exact) mass is 387 g/mol. The van der Waals surface area contributed by atoms with Crippen molar-refractivity contribution in [3.63, 3.8) is 0 Å². The summed E-state index contributed by atoms with van der Waals surface area (Å²) in [4.78, 5) is 9.57. The van der Waals surface area contributed by atoms with E-state index < -0.39 is 0 Å². The topological polar surface area (TPSA) is 37.8 Å². The molecule has 3 aromatic carbocycles. The molecule has 0 saturated carbocycles. The van der Waals surface area contributed by atoms with Gasteiger partial charge in [-0.1, -0.05) is 54.1 Å². The van der Waals surface area contributed by atoms with Gasteiger partial charge in [0, 0.05) is 22.0 Å². The summed E-state index contributed by atoms with van der Waals surface area (Å²) >= 11 is 6.03. The molecule has 1 unspecified atom stereocenters. The van der Waals surface area contributed by atoms with Gasteiger partial charge in [-0.25, -0.2) is 9.97 Å². The van der Waals surface area contributed by atoms with Crippen molar-refractivity contribution in [2.24, 2.45) is 0 Å². The fraction of sp³-hybridized carbons (Fsp3) is 0.167. The van der Waals surface area contributed by atoms with Crippen LogP contribution in [-0.2, 0) is 6.42 Å². The van der Waals surface area contributed by atoms with Crippen LogP contribution in [0.1, 0.15) is 18.9 Å². The van der Waals surface area contributed by atoms with E-state index in [1.807, 2.05) is 42.5 Å². The molecule has 1 N–H and O–H groups in total. The number of aromatic nitrogens is 2. The van der Waals surface area contributed by atoms with Gasteiger partial charge in [0.1, 0.15) is 5.82 Å². The minimum atomic E-state index is 0.289. The molecule has 0 aliphatic heterocycles. The molecule has 0 aliphatic carbocycles. The van der Waals surface area contributed by atoms with E-state index in [4.69, 9.17) is 21.6 Å². The number of benzene rings is 3. The Hall–Kier alpha value is -2.91. The molecule has 1 aromatic heterocycles. The molecule has 4 aromatic rings. The first-order chi connectivity index (χ1) is 13.7. The highest BCUT2D eigenvalue weighted by Gasteiger charge is 2.12. The molecule has 0 saturated heterocycles. The van der Waals surface area contributed by atoms with E-state index in [1.54, 1.807) is 0 Å². The lowest BCUT2D eigenvalue weighted by molar-refractivity contribution is 0.704. The first-order valence-corrected chi connectivity index (χ1v) is 9.90. The van der Waals surface area contributed by atoms with Crippen LogP contribution in [0.2, 0.25) is 5.02 Å². The van der Waals surface area contributed by atoms with Crippen LogP contribution < -0.4 is 5.32 Å². The Morgan fingerprint density at radius 1 is 0.857 bits per heavy atom. The third-order valence-corrected chi connectivity index (χ3v) is 5.05. The Kier molecular flexibility index (Phi) is 5.54. The maximum atomic E-state index is 6.03. The molecule has 0 bridgehead atoms. The molecule has 4 heteroatoms. The number of rotatable bonds is 6. The number of fused-ring (bicyclic) bond motifs is 1. The molecule has 0 fully saturated rings. The van der Waals surface area contributed by atoms with Crippen molar-refractivity contribution < 1.29 is 0 Å². The van der Waals surface area contributed by atoms with Crippen LogP contribution in [0.4, 0.5) is 5.82 Å². The Morgan fingerprint density at radius 3 is 2.36 bits per heavy atom. The van der Waals surface area contributed by atoms with Crippen molar-refractivity contribution in [3.05, 3.63) is 89.4 Å². The number of hydrogen-bond donors (Lipinski definition) is 1. The normalized spacial score (nSPS) is 12.1. The highest BCUT2D eigenvalue weighted by Crippen LogP contribution is 2.26. The van der Waals surface area contributed by atoms with E-state index >= 15 is 0 Å². The molecule has 0 aliphatic rings. The molecule has 1 heterocycles. The van der Waals surface area contributed by atoms with Crippen LogP contribution in [0.25, 0.3) is 22.3 Å². The average Bonchev–Trinajstić information content (AvgIpc) is 2.73. The summed E-state index contributed by atoms with van der Waals surface area (Å²) in [6, 6.07) is 26.6. The quantitative estimate of drug-likeness (QED) is 0.417. The SMILES string of the molecule is CC(CCc1ccccc1)Nc1nc(-c2ccc(Cl)cc2)nc2ccccc12. The fourth-order valence-electron chi connectivity index (χ4n) is 3.25. The lowest BCUT2D eigenvalue weighted by Crippen LogP contribution is -2.17. The van der Waals surface area contributed by atoms with E-state index in [2.05, 4.69) is 48.6 Å². The number of hydrogen-bond acceptors (Lipinski definition) is 3. The van der Waals surface area contributed by atoms with E-state index in [-0.39, 0.29) is 6.04 Å². The van der Waals surface area contributed by atoms with E-state index in [1.165, 1.54) is 5.56 Å². The van der Waals surface area contributed by atoms with Gasteiger partial charge in [0.25, 0.3) is 0 Å². The van der Waals surface area contributed by atoms with Crippen molar-refractivity contribution in [2.75, 3.05) is 5.32 Å². The van der Waals surface area contributed by atoms with Gasteiger partial charge in [0.05, 0.1) is 5.52 Å². The zero-order valence-corrected chi connectivity index (χ0v) is 16.5. The minimum Gasteiger partial charge on any atom is -0.367 e. The highest BCUT2D eigenvalue weighted by atomic mass is 35.5. The third kappa shape index (κ3) is 4.32. The van der Waals surface area contributed by atoms with Crippen molar-refractivity contribution >= 4 is 28.3 Å². The summed E-state index contributed by atoms with van der Waals surface area (Å²) < 4.78 is 0. The molecule has 3 nitrogen and oxygen atoms in total. The molecular weight excluding hydrogens is 366 g/mol. The lowest BCUT2D eigenvalue weighted by Gasteiger charge is -2.17. The van der Waals surface area contributed by atoms with Gasteiger partial charge in [-0.15, -0.1) is 0 Å². The van der Waals surface area contributed by atoms with Gasteiger partial charge < -0.3 is 5.32 Å². The second-order valence-corrected chi connectivity index (χ2v) is 7.43. The largest absolute Gasteiger partial charge is 0.367 e. The van der Waals surface area contributed by atoms with Gasteiger partial charge in [0.15, 0.2) is 5.82 Å². The maximum absolute atomic E-state index is 6.03. The van der Waals surface area contributed by atoms with Gasteiger partial charge >= 0.3 is 0 Å². The molecular formula is C24H22ClN3. The second-order valence-electron chi connectivity index (χ2n) is 6.99. The Morgan fingerprint density at radius 2 is 1.57 bits per heavy atom. The number of halogens is 1. The summed E-state index contributed by atoms with van der Waals surface area (Å²) in [5.41, 5.74) is 3.24. The molecule has 28 heavy (non-hydrogen) atoms. The standard InChI is InChI=1S/C24H22ClN3/c1-17(11-12-18-7-3-2-4-8-18)26-24-21-9-5-6-10-22(21)27-23(28-24)19-13-15-20(25)16-14-19/h2-10,13-17H,11-12H2,1H3,(H,26,27,28). The van der Waals surface area contributed by atoms with Crippen LogP contribution in [-0.4, -0.2) is 16.0 Å². The van der Waals surface area contributed by atoms with Crippen molar-refractivity contribution in [1.82, 2.24) is 9.97 Å².